The lowest BCUT2D eigenvalue weighted by atomic mass is 10.1. The van der Waals surface area contributed by atoms with Crippen molar-refractivity contribution in [3.8, 4) is 11.5 Å². The summed E-state index contributed by atoms with van der Waals surface area (Å²) in [5.74, 6) is 1.21. The molecule has 0 atom stereocenters. The zero-order valence-corrected chi connectivity index (χ0v) is 15.8. The van der Waals surface area contributed by atoms with E-state index in [2.05, 4.69) is 0 Å². The molecule has 7 nitrogen and oxygen atoms in total. The fourth-order valence-electron chi connectivity index (χ4n) is 2.95. The number of likely N-dealkylation sites (N-methyl/N-ethyl adjacent to an activating group) is 1. The zero-order valence-electron chi connectivity index (χ0n) is 15.8. The minimum Gasteiger partial charge on any atom is -0.497 e. The third kappa shape index (κ3) is 4.42. The van der Waals surface area contributed by atoms with Crippen LogP contribution >= 0.6 is 0 Å². The van der Waals surface area contributed by atoms with Crippen LogP contribution in [0, 0.1) is 0 Å². The summed E-state index contributed by atoms with van der Waals surface area (Å²) in [6, 6.07) is 8.95. The standard InChI is InChI=1S/C20H24N2O5/c1-21(20(24)18-5-4-10-27-18)13-19(23)22(15-6-7-15)12-14-11-16(25-2)8-9-17(14)26-3/h4-5,8-11,15H,6-7,12-13H2,1-3H3. The van der Waals surface area contributed by atoms with Gasteiger partial charge in [0.05, 0.1) is 27.0 Å². The molecule has 0 spiro atoms. The molecular formula is C20H24N2O5. The van der Waals surface area contributed by atoms with Crippen molar-refractivity contribution in [3.63, 3.8) is 0 Å². The van der Waals surface area contributed by atoms with Crippen LogP contribution in [-0.2, 0) is 11.3 Å². The Morgan fingerprint density at radius 1 is 1.19 bits per heavy atom. The van der Waals surface area contributed by atoms with Crippen molar-refractivity contribution < 1.29 is 23.5 Å². The van der Waals surface area contributed by atoms with Gasteiger partial charge in [0.2, 0.25) is 5.91 Å². The maximum Gasteiger partial charge on any atom is 0.289 e. The fraction of sp³-hybridized carbons (Fsp3) is 0.400. The molecule has 0 unspecified atom stereocenters. The summed E-state index contributed by atoms with van der Waals surface area (Å²) in [6.07, 6.45) is 3.37. The maximum absolute atomic E-state index is 12.9. The molecule has 0 radical (unpaired) electrons. The monoisotopic (exact) mass is 372 g/mol. The maximum atomic E-state index is 12.9. The van der Waals surface area contributed by atoms with Crippen LogP contribution in [0.1, 0.15) is 29.0 Å². The van der Waals surface area contributed by atoms with Crippen molar-refractivity contribution in [2.75, 3.05) is 27.8 Å². The van der Waals surface area contributed by atoms with Gasteiger partial charge in [-0.2, -0.15) is 0 Å². The number of carbonyl (C=O) groups excluding carboxylic acids is 2. The average molecular weight is 372 g/mol. The first-order chi connectivity index (χ1) is 13.0. The molecule has 0 aliphatic heterocycles. The minimum atomic E-state index is -0.317. The lowest BCUT2D eigenvalue weighted by Crippen LogP contribution is -2.41. The molecule has 3 rings (SSSR count). The van der Waals surface area contributed by atoms with Gasteiger partial charge in [-0.15, -0.1) is 0 Å². The van der Waals surface area contributed by atoms with Crippen molar-refractivity contribution in [2.24, 2.45) is 0 Å². The molecule has 1 aromatic carbocycles. The number of hydrogen-bond acceptors (Lipinski definition) is 5. The second-order valence-corrected chi connectivity index (χ2v) is 6.57. The van der Waals surface area contributed by atoms with Crippen molar-refractivity contribution in [3.05, 3.63) is 47.9 Å². The van der Waals surface area contributed by atoms with Gasteiger partial charge in [0.1, 0.15) is 11.5 Å². The van der Waals surface area contributed by atoms with Crippen LogP contribution in [0.15, 0.2) is 41.0 Å². The first kappa shape index (κ1) is 18.8. The summed E-state index contributed by atoms with van der Waals surface area (Å²) in [5.41, 5.74) is 0.872. The molecule has 1 saturated carbocycles. The highest BCUT2D eigenvalue weighted by atomic mass is 16.5. The summed E-state index contributed by atoms with van der Waals surface area (Å²) in [6.45, 7) is 0.398. The highest BCUT2D eigenvalue weighted by molar-refractivity contribution is 5.94. The van der Waals surface area contributed by atoms with E-state index in [1.54, 1.807) is 33.4 Å². The Morgan fingerprint density at radius 3 is 2.56 bits per heavy atom. The first-order valence-corrected chi connectivity index (χ1v) is 8.82. The second-order valence-electron chi connectivity index (χ2n) is 6.57. The van der Waals surface area contributed by atoms with Gasteiger partial charge in [-0.05, 0) is 43.2 Å². The van der Waals surface area contributed by atoms with Gasteiger partial charge in [-0.1, -0.05) is 0 Å². The van der Waals surface area contributed by atoms with Crippen LogP contribution in [0.2, 0.25) is 0 Å². The van der Waals surface area contributed by atoms with Gasteiger partial charge in [0.25, 0.3) is 5.91 Å². The lowest BCUT2D eigenvalue weighted by molar-refractivity contribution is -0.132. The van der Waals surface area contributed by atoms with E-state index in [1.807, 2.05) is 23.1 Å². The van der Waals surface area contributed by atoms with E-state index in [0.717, 1.165) is 18.4 Å². The van der Waals surface area contributed by atoms with Gasteiger partial charge in [0, 0.05) is 25.2 Å². The Balaban J connectivity index is 1.72. The third-order valence-corrected chi connectivity index (χ3v) is 4.59. The number of hydrogen-bond donors (Lipinski definition) is 0. The first-order valence-electron chi connectivity index (χ1n) is 8.82. The van der Waals surface area contributed by atoms with E-state index in [1.165, 1.54) is 11.2 Å². The van der Waals surface area contributed by atoms with Crippen molar-refractivity contribution in [2.45, 2.75) is 25.4 Å². The summed E-state index contributed by atoms with van der Waals surface area (Å²) in [5, 5.41) is 0. The van der Waals surface area contributed by atoms with Gasteiger partial charge in [0.15, 0.2) is 5.76 Å². The van der Waals surface area contributed by atoms with Gasteiger partial charge >= 0.3 is 0 Å². The van der Waals surface area contributed by atoms with E-state index in [4.69, 9.17) is 13.9 Å². The summed E-state index contributed by atoms with van der Waals surface area (Å²) < 4.78 is 15.8. The predicted molar refractivity (Wildman–Crippen MR) is 98.8 cm³/mol. The summed E-state index contributed by atoms with van der Waals surface area (Å²) in [7, 11) is 4.80. The molecular weight excluding hydrogens is 348 g/mol. The Bertz CT molecular complexity index is 799. The SMILES string of the molecule is COc1ccc(OC)c(CN(C(=O)CN(C)C(=O)c2ccco2)C2CC2)c1. The van der Waals surface area contributed by atoms with Gasteiger partial charge in [-0.3, -0.25) is 9.59 Å². The highest BCUT2D eigenvalue weighted by Crippen LogP contribution is 2.32. The molecule has 1 aliphatic carbocycles. The van der Waals surface area contributed by atoms with E-state index in [0.29, 0.717) is 18.0 Å². The topological polar surface area (TPSA) is 72.2 Å². The van der Waals surface area contributed by atoms with Crippen LogP contribution in [0.5, 0.6) is 11.5 Å². The average Bonchev–Trinajstić information content (AvgIpc) is 3.37. The Labute approximate surface area is 158 Å². The van der Waals surface area contributed by atoms with Crippen LogP contribution in [-0.4, -0.2) is 55.5 Å². The Morgan fingerprint density at radius 2 is 1.96 bits per heavy atom. The van der Waals surface area contributed by atoms with E-state index in [-0.39, 0.29) is 30.2 Å². The van der Waals surface area contributed by atoms with E-state index >= 15 is 0 Å². The second kappa shape index (κ2) is 8.16. The summed E-state index contributed by atoms with van der Waals surface area (Å²) in [4.78, 5) is 28.4. The molecule has 0 N–H and O–H groups in total. The Kier molecular flexibility index (Phi) is 5.69. The van der Waals surface area contributed by atoms with Crippen molar-refractivity contribution in [1.29, 1.82) is 0 Å². The lowest BCUT2D eigenvalue weighted by Gasteiger charge is -2.26. The number of furan rings is 1. The number of nitrogens with zero attached hydrogens (tertiary/aromatic N) is 2. The number of rotatable bonds is 8. The molecule has 1 aliphatic rings. The van der Waals surface area contributed by atoms with Crippen LogP contribution in [0.4, 0.5) is 0 Å². The molecule has 1 heterocycles. The molecule has 144 valence electrons. The third-order valence-electron chi connectivity index (χ3n) is 4.59. The van der Waals surface area contributed by atoms with Crippen molar-refractivity contribution >= 4 is 11.8 Å². The number of benzene rings is 1. The molecule has 27 heavy (non-hydrogen) atoms. The summed E-state index contributed by atoms with van der Waals surface area (Å²) >= 11 is 0. The smallest absolute Gasteiger partial charge is 0.289 e. The quantitative estimate of drug-likeness (QED) is 0.712. The Hall–Kier alpha value is -2.96. The number of ether oxygens (including phenoxy) is 2. The van der Waals surface area contributed by atoms with Gasteiger partial charge < -0.3 is 23.7 Å². The molecule has 0 saturated heterocycles. The number of amides is 2. The highest BCUT2D eigenvalue weighted by Gasteiger charge is 2.34. The van der Waals surface area contributed by atoms with Crippen LogP contribution in [0.3, 0.4) is 0 Å². The molecule has 0 bridgehead atoms. The molecule has 2 aromatic rings. The number of methoxy groups -OCH3 is 2. The fourth-order valence-corrected chi connectivity index (χ4v) is 2.95. The largest absolute Gasteiger partial charge is 0.497 e. The molecule has 1 fully saturated rings. The predicted octanol–water partition coefficient (Wildman–Crippen LogP) is 2.56. The van der Waals surface area contributed by atoms with Crippen molar-refractivity contribution in [1.82, 2.24) is 9.80 Å². The van der Waals surface area contributed by atoms with Crippen LogP contribution in [0.25, 0.3) is 0 Å². The number of carbonyl (C=O) groups is 2. The van der Waals surface area contributed by atoms with Crippen LogP contribution < -0.4 is 9.47 Å². The van der Waals surface area contributed by atoms with E-state index in [9.17, 15) is 9.59 Å². The van der Waals surface area contributed by atoms with E-state index < -0.39 is 0 Å². The minimum absolute atomic E-state index is 0.0116. The molecule has 7 heteroatoms. The molecule has 1 aromatic heterocycles. The zero-order chi connectivity index (χ0) is 19.4. The van der Waals surface area contributed by atoms with Gasteiger partial charge in [-0.25, -0.2) is 0 Å². The normalized spacial score (nSPS) is 13.1. The molecule has 2 amide bonds.